The first-order valence-electron chi connectivity index (χ1n) is 5.02. The van der Waals surface area contributed by atoms with Crippen LogP contribution in [0.5, 0.6) is 0 Å². The normalized spacial score (nSPS) is 11.6. The lowest BCUT2D eigenvalue weighted by molar-refractivity contribution is -0.136. The van der Waals surface area contributed by atoms with Crippen molar-refractivity contribution >= 4 is 43.2 Å². The molecule has 1 aromatic carbocycles. The van der Waals surface area contributed by atoms with Crippen LogP contribution in [0.4, 0.5) is 5.69 Å². The second kappa shape index (κ2) is 4.91. The Labute approximate surface area is 107 Å². The van der Waals surface area contributed by atoms with E-state index in [2.05, 4.69) is 9.71 Å². The molecule has 1 aromatic heterocycles. The van der Waals surface area contributed by atoms with Gasteiger partial charge in [-0.2, -0.15) is 0 Å². The van der Waals surface area contributed by atoms with Crippen LogP contribution in [0, 0.1) is 0 Å². The van der Waals surface area contributed by atoms with Crippen LogP contribution in [0.15, 0.2) is 23.7 Å². The Bertz CT molecular complexity index is 678. The van der Waals surface area contributed by atoms with Gasteiger partial charge < -0.3 is 5.11 Å². The van der Waals surface area contributed by atoms with Crippen LogP contribution in [-0.2, 0) is 14.8 Å². The molecule has 0 saturated heterocycles. The molecule has 2 N–H and O–H groups in total. The highest BCUT2D eigenvalue weighted by Crippen LogP contribution is 2.22. The quantitative estimate of drug-likeness (QED) is 0.868. The summed E-state index contributed by atoms with van der Waals surface area (Å²) in [5, 5.41) is 8.46. The molecule has 8 heteroatoms. The molecule has 0 atom stereocenters. The van der Waals surface area contributed by atoms with Crippen LogP contribution in [0.1, 0.15) is 6.42 Å². The molecular weight excluding hydrogens is 276 g/mol. The summed E-state index contributed by atoms with van der Waals surface area (Å²) in [7, 11) is -3.63. The predicted molar refractivity (Wildman–Crippen MR) is 69.3 cm³/mol. The van der Waals surface area contributed by atoms with E-state index in [0.29, 0.717) is 5.69 Å². The number of carboxylic acids is 1. The summed E-state index contributed by atoms with van der Waals surface area (Å²) in [6, 6.07) is 4.98. The molecule has 0 amide bonds. The minimum atomic E-state index is -3.63. The molecule has 0 saturated carbocycles. The summed E-state index contributed by atoms with van der Waals surface area (Å²) < 4.78 is 26.4. The molecule has 18 heavy (non-hydrogen) atoms. The number of anilines is 1. The molecule has 0 spiro atoms. The van der Waals surface area contributed by atoms with Crippen LogP contribution < -0.4 is 4.72 Å². The van der Waals surface area contributed by atoms with Gasteiger partial charge in [0.25, 0.3) is 0 Å². The van der Waals surface area contributed by atoms with Gasteiger partial charge in [-0.15, -0.1) is 11.3 Å². The van der Waals surface area contributed by atoms with Crippen LogP contribution in [-0.4, -0.2) is 30.2 Å². The fourth-order valence-corrected chi connectivity index (χ4v) is 3.12. The van der Waals surface area contributed by atoms with Crippen molar-refractivity contribution in [3.8, 4) is 0 Å². The van der Waals surface area contributed by atoms with E-state index in [-0.39, 0.29) is 0 Å². The van der Waals surface area contributed by atoms with E-state index in [9.17, 15) is 13.2 Å². The van der Waals surface area contributed by atoms with Crippen molar-refractivity contribution in [2.24, 2.45) is 0 Å². The van der Waals surface area contributed by atoms with Crippen molar-refractivity contribution in [3.63, 3.8) is 0 Å². The van der Waals surface area contributed by atoms with E-state index < -0.39 is 28.2 Å². The van der Waals surface area contributed by atoms with Gasteiger partial charge in [-0.3, -0.25) is 9.52 Å². The maximum atomic E-state index is 11.6. The largest absolute Gasteiger partial charge is 0.481 e. The van der Waals surface area contributed by atoms with Crippen molar-refractivity contribution < 1.29 is 18.3 Å². The molecule has 2 aromatic rings. The minimum Gasteiger partial charge on any atom is -0.481 e. The zero-order valence-electron chi connectivity index (χ0n) is 9.16. The number of sulfonamides is 1. The molecule has 96 valence electrons. The van der Waals surface area contributed by atoms with Gasteiger partial charge in [0.1, 0.15) is 0 Å². The molecule has 0 aliphatic carbocycles. The number of fused-ring (bicyclic) bond motifs is 1. The zero-order chi connectivity index (χ0) is 13.2. The number of benzene rings is 1. The minimum absolute atomic E-state index is 0.414. The Hall–Kier alpha value is -1.67. The Kier molecular flexibility index (Phi) is 3.48. The molecule has 2 rings (SSSR count). The van der Waals surface area contributed by atoms with Crippen LogP contribution in [0.3, 0.4) is 0 Å². The van der Waals surface area contributed by atoms with Gasteiger partial charge in [0.05, 0.1) is 33.6 Å². The lowest BCUT2D eigenvalue weighted by Gasteiger charge is -2.06. The third kappa shape index (κ3) is 3.17. The molecule has 6 nitrogen and oxygen atoms in total. The first kappa shape index (κ1) is 12.8. The number of aliphatic carboxylic acids is 1. The molecule has 0 aliphatic heterocycles. The highest BCUT2D eigenvalue weighted by Gasteiger charge is 2.13. The van der Waals surface area contributed by atoms with E-state index in [1.165, 1.54) is 11.3 Å². The van der Waals surface area contributed by atoms with Gasteiger partial charge in [0.15, 0.2) is 0 Å². The molecule has 0 fully saturated rings. The highest BCUT2D eigenvalue weighted by atomic mass is 32.2. The molecule has 0 unspecified atom stereocenters. The maximum Gasteiger partial charge on any atom is 0.304 e. The summed E-state index contributed by atoms with van der Waals surface area (Å²) in [6.45, 7) is 0. The Morgan fingerprint density at radius 1 is 1.44 bits per heavy atom. The number of hydrogen-bond acceptors (Lipinski definition) is 5. The highest BCUT2D eigenvalue weighted by molar-refractivity contribution is 7.92. The number of nitrogens with zero attached hydrogens (tertiary/aromatic N) is 1. The summed E-state index contributed by atoms with van der Waals surface area (Å²) in [4.78, 5) is 14.4. The summed E-state index contributed by atoms with van der Waals surface area (Å²) in [5.74, 6) is -1.58. The monoisotopic (exact) mass is 286 g/mol. The third-order valence-electron chi connectivity index (χ3n) is 2.19. The van der Waals surface area contributed by atoms with Crippen LogP contribution in [0.2, 0.25) is 0 Å². The molecular formula is C10H10N2O4S2. The summed E-state index contributed by atoms with van der Waals surface area (Å²) in [5.41, 5.74) is 2.89. The van der Waals surface area contributed by atoms with Crippen molar-refractivity contribution in [3.05, 3.63) is 23.7 Å². The number of rotatable bonds is 5. The van der Waals surface area contributed by atoms with E-state index >= 15 is 0 Å². The standard InChI is InChI=1S/C10H10N2O4S2/c13-10(14)3-4-18(15,16)12-7-1-2-8-9(5-7)17-6-11-8/h1-2,5-6,12H,3-4H2,(H,13,14). The Morgan fingerprint density at radius 2 is 2.22 bits per heavy atom. The van der Waals surface area contributed by atoms with E-state index in [0.717, 1.165) is 10.2 Å². The molecule has 0 aliphatic rings. The Balaban J connectivity index is 2.14. The SMILES string of the molecule is O=C(O)CCS(=O)(=O)Nc1ccc2ncsc2c1. The van der Waals surface area contributed by atoms with E-state index in [4.69, 9.17) is 5.11 Å². The van der Waals surface area contributed by atoms with Crippen LogP contribution >= 0.6 is 11.3 Å². The second-order valence-electron chi connectivity index (χ2n) is 3.60. The van der Waals surface area contributed by atoms with Crippen molar-refractivity contribution in [2.75, 3.05) is 10.5 Å². The van der Waals surface area contributed by atoms with Gasteiger partial charge in [0, 0.05) is 0 Å². The molecule has 1 heterocycles. The number of thiazole rings is 1. The zero-order valence-corrected chi connectivity index (χ0v) is 10.8. The van der Waals surface area contributed by atoms with Crippen LogP contribution in [0.25, 0.3) is 10.2 Å². The fourth-order valence-electron chi connectivity index (χ4n) is 1.37. The van der Waals surface area contributed by atoms with E-state index in [1.54, 1.807) is 23.7 Å². The summed E-state index contributed by atoms with van der Waals surface area (Å²) >= 11 is 1.41. The number of carbonyl (C=O) groups is 1. The summed E-state index contributed by atoms with van der Waals surface area (Å²) in [6.07, 6.45) is -0.419. The fraction of sp³-hybridized carbons (Fsp3) is 0.200. The number of nitrogens with one attached hydrogen (secondary N) is 1. The number of carboxylic acid groups (broad SMARTS) is 1. The topological polar surface area (TPSA) is 96.4 Å². The first-order valence-corrected chi connectivity index (χ1v) is 7.55. The average molecular weight is 286 g/mol. The average Bonchev–Trinajstić information content (AvgIpc) is 2.73. The van der Waals surface area contributed by atoms with Gasteiger partial charge >= 0.3 is 5.97 Å². The second-order valence-corrected chi connectivity index (χ2v) is 6.33. The van der Waals surface area contributed by atoms with Gasteiger partial charge in [0.2, 0.25) is 10.0 Å². The van der Waals surface area contributed by atoms with Crippen molar-refractivity contribution in [2.45, 2.75) is 6.42 Å². The third-order valence-corrected chi connectivity index (χ3v) is 4.27. The molecule has 0 radical (unpaired) electrons. The smallest absolute Gasteiger partial charge is 0.304 e. The Morgan fingerprint density at radius 3 is 2.94 bits per heavy atom. The lowest BCUT2D eigenvalue weighted by atomic mass is 10.3. The predicted octanol–water partition coefficient (Wildman–Crippen LogP) is 1.51. The van der Waals surface area contributed by atoms with Crippen molar-refractivity contribution in [1.82, 2.24) is 4.98 Å². The van der Waals surface area contributed by atoms with Crippen molar-refractivity contribution in [1.29, 1.82) is 0 Å². The number of aromatic nitrogens is 1. The maximum absolute atomic E-state index is 11.6. The first-order chi connectivity index (χ1) is 8.46. The van der Waals surface area contributed by atoms with Gasteiger partial charge in [-0.25, -0.2) is 13.4 Å². The van der Waals surface area contributed by atoms with E-state index in [1.807, 2.05) is 0 Å². The molecule has 0 bridgehead atoms. The lowest BCUT2D eigenvalue weighted by Crippen LogP contribution is -2.18. The van der Waals surface area contributed by atoms with Gasteiger partial charge in [-0.1, -0.05) is 0 Å². The number of hydrogen-bond donors (Lipinski definition) is 2. The van der Waals surface area contributed by atoms with Gasteiger partial charge in [-0.05, 0) is 18.2 Å².